The Balaban J connectivity index is 1.75. The highest BCUT2D eigenvalue weighted by Gasteiger charge is 2.14. The largest absolute Gasteiger partial charge is 0.394 e. The summed E-state index contributed by atoms with van der Waals surface area (Å²) in [6, 6.07) is 10.3. The number of rotatable bonds is 12. The lowest BCUT2D eigenvalue weighted by Gasteiger charge is -2.16. The van der Waals surface area contributed by atoms with Crippen molar-refractivity contribution in [2.24, 2.45) is 4.36 Å². The second-order valence-corrected chi connectivity index (χ2v) is 10.4. The lowest BCUT2D eigenvalue weighted by Crippen LogP contribution is -2.26. The molecule has 0 bridgehead atoms. The summed E-state index contributed by atoms with van der Waals surface area (Å²) in [7, 11) is -3.46. The van der Waals surface area contributed by atoms with Gasteiger partial charge in [0.05, 0.1) is 23.6 Å². The summed E-state index contributed by atoms with van der Waals surface area (Å²) in [5.74, 6) is 0.984. The molecule has 34 heavy (non-hydrogen) atoms. The van der Waals surface area contributed by atoms with Crippen LogP contribution in [0.2, 0.25) is 0 Å². The van der Waals surface area contributed by atoms with Crippen LogP contribution in [0.15, 0.2) is 57.2 Å². The quantitative estimate of drug-likeness (QED) is 0.287. The average Bonchev–Trinajstić information content (AvgIpc) is 3.37. The fourth-order valence-electron chi connectivity index (χ4n) is 3.21. The third-order valence-electron chi connectivity index (χ3n) is 5.23. The normalized spacial score (nSPS) is 13.9. The smallest absolute Gasteiger partial charge is 0.229 e. The van der Waals surface area contributed by atoms with Gasteiger partial charge in [-0.1, -0.05) is 19.9 Å². The maximum atomic E-state index is 12.6. The molecule has 3 rings (SSSR count). The zero-order valence-corrected chi connectivity index (χ0v) is 21.3. The van der Waals surface area contributed by atoms with E-state index in [4.69, 9.17) is 0 Å². The van der Waals surface area contributed by atoms with Crippen molar-refractivity contribution < 1.29 is 13.9 Å². The third kappa shape index (κ3) is 6.97. The summed E-state index contributed by atoms with van der Waals surface area (Å²) >= 11 is 1.58. The summed E-state index contributed by atoms with van der Waals surface area (Å²) in [6.45, 7) is 8.65. The van der Waals surface area contributed by atoms with Crippen LogP contribution >= 0.6 is 11.3 Å². The summed E-state index contributed by atoms with van der Waals surface area (Å²) in [4.78, 5) is 12.4. The number of nitrogens with one attached hydrogen (secondary N) is 2. The summed E-state index contributed by atoms with van der Waals surface area (Å²) in [5.41, 5.74) is 1.52. The van der Waals surface area contributed by atoms with Crippen molar-refractivity contribution in [3.63, 3.8) is 0 Å². The molecule has 0 aliphatic heterocycles. The van der Waals surface area contributed by atoms with Crippen molar-refractivity contribution in [2.75, 3.05) is 43.4 Å². The maximum Gasteiger partial charge on any atom is 0.229 e. The van der Waals surface area contributed by atoms with Crippen LogP contribution in [-0.4, -0.2) is 67.6 Å². The van der Waals surface area contributed by atoms with Crippen LogP contribution in [0.5, 0.6) is 0 Å². The van der Waals surface area contributed by atoms with Crippen LogP contribution < -0.4 is 10.6 Å². The number of aliphatic hydroxyl groups is 1. The van der Waals surface area contributed by atoms with Gasteiger partial charge in [-0.2, -0.15) is 4.98 Å². The molecule has 3 aromatic rings. The fraction of sp³-hybridized carbons (Fsp3) is 0.391. The minimum Gasteiger partial charge on any atom is -0.394 e. The van der Waals surface area contributed by atoms with Gasteiger partial charge in [0, 0.05) is 29.3 Å². The Hall–Kier alpha value is -2.57. The van der Waals surface area contributed by atoms with Gasteiger partial charge in [0.15, 0.2) is 10.0 Å². The summed E-state index contributed by atoms with van der Waals surface area (Å²) < 4.78 is 27.0. The number of nitrogens with zero attached hydrogens (tertiary/aromatic N) is 4. The molecule has 0 saturated heterocycles. The van der Waals surface area contributed by atoms with E-state index in [1.807, 2.05) is 24.4 Å². The first-order chi connectivity index (χ1) is 16.4. The molecule has 0 fully saturated rings. The monoisotopic (exact) mass is 504 g/mol. The number of hydrogen-bond acceptors (Lipinski definition) is 9. The van der Waals surface area contributed by atoms with Crippen LogP contribution in [0.25, 0.3) is 10.4 Å². The molecule has 184 valence electrons. The molecule has 11 heteroatoms. The second kappa shape index (κ2) is 12.2. The summed E-state index contributed by atoms with van der Waals surface area (Å²) in [5, 5.41) is 17.8. The zero-order valence-electron chi connectivity index (χ0n) is 19.6. The van der Waals surface area contributed by atoms with E-state index in [0.29, 0.717) is 30.5 Å². The minimum absolute atomic E-state index is 0.0292. The number of aromatic nitrogens is 2. The predicted octanol–water partition coefficient (Wildman–Crippen LogP) is 4.38. The van der Waals surface area contributed by atoms with E-state index in [2.05, 4.69) is 43.7 Å². The van der Waals surface area contributed by atoms with E-state index in [1.54, 1.807) is 41.8 Å². The van der Waals surface area contributed by atoms with Gasteiger partial charge in [-0.25, -0.2) is 13.6 Å². The Kier molecular flexibility index (Phi) is 9.36. The number of benzene rings is 1. The van der Waals surface area contributed by atoms with Crippen LogP contribution in [0, 0.1) is 0 Å². The standard InChI is InChI=1S/C23H32N6O3S2/c1-4-29(5-2)13-12-25-34(31,32)19-10-8-18(9-11-19)27-23-24-15-20(21-7-6-14-33-21)22(28-23)26-17(3)16-30/h6-11,14-15,17,30H,4-5,12-13,16H2,1-3H3,(H,25,31,32)(H2,24,26,27,28)/t17-/m1/s1. The Morgan fingerprint density at radius 3 is 2.56 bits per heavy atom. The highest BCUT2D eigenvalue weighted by molar-refractivity contribution is 7.88. The molecule has 0 aliphatic carbocycles. The lowest BCUT2D eigenvalue weighted by atomic mass is 10.2. The first kappa shape index (κ1) is 26.0. The number of aliphatic hydroxyl groups excluding tert-OH is 1. The molecule has 0 aliphatic rings. The van der Waals surface area contributed by atoms with Crippen molar-refractivity contribution in [3.8, 4) is 10.4 Å². The first-order valence-electron chi connectivity index (χ1n) is 11.2. The van der Waals surface area contributed by atoms with Crippen molar-refractivity contribution in [2.45, 2.75) is 31.7 Å². The Morgan fingerprint density at radius 2 is 1.94 bits per heavy atom. The number of anilines is 3. The Bertz CT molecular complexity index is 1160. The van der Waals surface area contributed by atoms with Gasteiger partial charge in [-0.15, -0.1) is 11.3 Å². The molecule has 2 aromatic heterocycles. The van der Waals surface area contributed by atoms with Gasteiger partial charge in [-0.3, -0.25) is 4.55 Å². The SMILES string of the molecule is CCN(CC)CCN=S(=O)(O)c1ccc(Nc2ncc(-c3cccs3)c(N[C@H](C)CO)n2)cc1. The predicted molar refractivity (Wildman–Crippen MR) is 139 cm³/mol. The van der Waals surface area contributed by atoms with E-state index in [-0.39, 0.29) is 17.5 Å². The highest BCUT2D eigenvalue weighted by Crippen LogP contribution is 2.31. The molecule has 2 heterocycles. The van der Waals surface area contributed by atoms with Crippen molar-refractivity contribution in [1.29, 1.82) is 0 Å². The zero-order chi connectivity index (χ0) is 24.6. The Morgan fingerprint density at radius 1 is 1.21 bits per heavy atom. The molecule has 0 radical (unpaired) electrons. The molecule has 0 amide bonds. The van der Waals surface area contributed by atoms with Crippen LogP contribution in [-0.2, 0) is 10.0 Å². The van der Waals surface area contributed by atoms with E-state index >= 15 is 0 Å². The molecular formula is C23H32N6O3S2. The maximum absolute atomic E-state index is 12.6. The first-order valence-corrected chi connectivity index (χ1v) is 13.5. The van der Waals surface area contributed by atoms with E-state index in [1.165, 1.54) is 0 Å². The number of hydrogen-bond donors (Lipinski definition) is 4. The molecule has 4 N–H and O–H groups in total. The minimum atomic E-state index is -3.46. The van der Waals surface area contributed by atoms with Gasteiger partial charge >= 0.3 is 0 Å². The van der Waals surface area contributed by atoms with Gasteiger partial charge in [0.1, 0.15) is 5.82 Å². The van der Waals surface area contributed by atoms with Crippen molar-refractivity contribution >= 4 is 38.8 Å². The van der Waals surface area contributed by atoms with Crippen LogP contribution in [0.1, 0.15) is 20.8 Å². The summed E-state index contributed by atoms with van der Waals surface area (Å²) in [6.07, 6.45) is 1.73. The highest BCUT2D eigenvalue weighted by atomic mass is 32.2. The molecule has 1 aromatic carbocycles. The van der Waals surface area contributed by atoms with Gasteiger partial charge < -0.3 is 20.6 Å². The molecule has 1 unspecified atom stereocenters. The lowest BCUT2D eigenvalue weighted by molar-refractivity contribution is 0.281. The second-order valence-electron chi connectivity index (χ2n) is 7.69. The number of likely N-dealkylation sites (N-methyl/N-ethyl adjacent to an activating group) is 1. The van der Waals surface area contributed by atoms with Crippen LogP contribution in [0.3, 0.4) is 0 Å². The Labute approximate surface area is 205 Å². The molecule has 0 spiro atoms. The van der Waals surface area contributed by atoms with Crippen molar-refractivity contribution in [1.82, 2.24) is 14.9 Å². The average molecular weight is 505 g/mol. The van der Waals surface area contributed by atoms with Crippen LogP contribution in [0.4, 0.5) is 17.5 Å². The van der Waals surface area contributed by atoms with Gasteiger partial charge in [0.2, 0.25) is 5.95 Å². The van der Waals surface area contributed by atoms with Crippen molar-refractivity contribution in [3.05, 3.63) is 48.0 Å². The third-order valence-corrected chi connectivity index (χ3v) is 7.55. The molecule has 9 nitrogen and oxygen atoms in total. The van der Waals surface area contributed by atoms with E-state index < -0.39 is 10.0 Å². The van der Waals surface area contributed by atoms with E-state index in [9.17, 15) is 13.9 Å². The van der Waals surface area contributed by atoms with Gasteiger partial charge in [0.25, 0.3) is 0 Å². The molecule has 2 atom stereocenters. The molecule has 0 saturated carbocycles. The van der Waals surface area contributed by atoms with E-state index in [0.717, 1.165) is 23.5 Å². The fourth-order valence-corrected chi connectivity index (χ4v) is 4.91. The van der Waals surface area contributed by atoms with Gasteiger partial charge in [-0.05, 0) is 55.7 Å². The topological polar surface area (TPSA) is 123 Å². The molecular weight excluding hydrogens is 472 g/mol. The number of thiophene rings is 1.